The van der Waals surface area contributed by atoms with Crippen LogP contribution in [-0.4, -0.2) is 26.7 Å². The van der Waals surface area contributed by atoms with Crippen molar-refractivity contribution in [3.8, 4) is 0 Å². The highest BCUT2D eigenvalue weighted by Gasteiger charge is 2.42. The van der Waals surface area contributed by atoms with Gasteiger partial charge in [0.2, 0.25) is 10.0 Å². The summed E-state index contributed by atoms with van der Waals surface area (Å²) in [6.07, 6.45) is 1.78. The number of benzene rings is 1. The molecule has 2 rings (SSSR count). The van der Waals surface area contributed by atoms with Crippen LogP contribution in [0.5, 0.6) is 0 Å². The number of aliphatic hydroxyl groups excluding tert-OH is 1. The maximum atomic E-state index is 12.1. The Balaban J connectivity index is 2.13. The average Bonchev–Trinajstić information content (AvgIpc) is 3.11. The van der Waals surface area contributed by atoms with Crippen molar-refractivity contribution in [2.45, 2.75) is 31.6 Å². The fourth-order valence-corrected chi connectivity index (χ4v) is 3.02. The molecular formula is C13H19NO3S. The molecular weight excluding hydrogens is 250 g/mol. The first-order valence-corrected chi connectivity index (χ1v) is 7.55. The molecule has 4 nitrogen and oxygen atoms in total. The third-order valence-corrected chi connectivity index (χ3v) is 5.12. The monoisotopic (exact) mass is 269 g/mol. The zero-order valence-corrected chi connectivity index (χ0v) is 11.5. The number of sulfonamides is 1. The van der Waals surface area contributed by atoms with Crippen LogP contribution in [0.3, 0.4) is 0 Å². The van der Waals surface area contributed by atoms with Crippen LogP contribution in [0, 0.1) is 19.3 Å². The molecule has 0 spiro atoms. The Kier molecular flexibility index (Phi) is 3.49. The van der Waals surface area contributed by atoms with Gasteiger partial charge in [-0.3, -0.25) is 0 Å². The summed E-state index contributed by atoms with van der Waals surface area (Å²) in [6, 6.07) is 5.10. The van der Waals surface area contributed by atoms with E-state index in [9.17, 15) is 8.42 Å². The summed E-state index contributed by atoms with van der Waals surface area (Å²) < 4.78 is 26.8. The molecule has 0 radical (unpaired) electrons. The Labute approximate surface area is 108 Å². The van der Waals surface area contributed by atoms with Gasteiger partial charge in [-0.2, -0.15) is 0 Å². The van der Waals surface area contributed by atoms with Crippen molar-refractivity contribution >= 4 is 10.0 Å². The highest BCUT2D eigenvalue weighted by Crippen LogP contribution is 2.44. The van der Waals surface area contributed by atoms with Crippen LogP contribution in [0.1, 0.15) is 24.0 Å². The molecule has 1 aromatic carbocycles. The van der Waals surface area contributed by atoms with Gasteiger partial charge in [0.15, 0.2) is 0 Å². The maximum absolute atomic E-state index is 12.1. The summed E-state index contributed by atoms with van der Waals surface area (Å²) in [5.74, 6) is 0. The molecule has 1 aromatic rings. The van der Waals surface area contributed by atoms with Crippen molar-refractivity contribution in [3.63, 3.8) is 0 Å². The third kappa shape index (κ3) is 2.74. The second-order valence-corrected chi connectivity index (χ2v) is 7.00. The molecule has 0 amide bonds. The number of aryl methyl sites for hydroxylation is 2. The second-order valence-electron chi connectivity index (χ2n) is 5.23. The summed E-state index contributed by atoms with van der Waals surface area (Å²) in [7, 11) is -3.46. The Morgan fingerprint density at radius 3 is 2.44 bits per heavy atom. The van der Waals surface area contributed by atoms with Gasteiger partial charge in [0.25, 0.3) is 0 Å². The van der Waals surface area contributed by atoms with Gasteiger partial charge in [0.1, 0.15) is 0 Å². The van der Waals surface area contributed by atoms with Gasteiger partial charge in [-0.05, 0) is 49.9 Å². The fourth-order valence-electron chi connectivity index (χ4n) is 1.78. The fraction of sp³-hybridized carbons (Fsp3) is 0.538. The van der Waals surface area contributed by atoms with E-state index in [0.717, 1.165) is 24.0 Å². The van der Waals surface area contributed by atoms with Crippen LogP contribution >= 0.6 is 0 Å². The summed E-state index contributed by atoms with van der Waals surface area (Å²) in [5, 5.41) is 9.17. The molecule has 0 bridgehead atoms. The van der Waals surface area contributed by atoms with E-state index in [2.05, 4.69) is 4.72 Å². The molecule has 1 aliphatic rings. The molecule has 0 heterocycles. The first kappa shape index (κ1) is 13.5. The van der Waals surface area contributed by atoms with Crippen LogP contribution in [0.4, 0.5) is 0 Å². The lowest BCUT2D eigenvalue weighted by Gasteiger charge is -2.13. The number of hydrogen-bond acceptors (Lipinski definition) is 3. The lowest BCUT2D eigenvalue weighted by Crippen LogP contribution is -2.32. The first-order valence-electron chi connectivity index (χ1n) is 6.06. The molecule has 0 saturated heterocycles. The topological polar surface area (TPSA) is 66.4 Å². The normalized spacial score (nSPS) is 17.7. The number of hydrogen-bond donors (Lipinski definition) is 2. The van der Waals surface area contributed by atoms with E-state index < -0.39 is 10.0 Å². The van der Waals surface area contributed by atoms with Gasteiger partial charge in [0, 0.05) is 18.6 Å². The van der Waals surface area contributed by atoms with Crippen LogP contribution in [0.25, 0.3) is 0 Å². The van der Waals surface area contributed by atoms with Gasteiger partial charge >= 0.3 is 0 Å². The summed E-state index contributed by atoms with van der Waals surface area (Å²) in [5.41, 5.74) is 1.82. The van der Waals surface area contributed by atoms with E-state index in [4.69, 9.17) is 5.11 Å². The maximum Gasteiger partial charge on any atom is 0.240 e. The van der Waals surface area contributed by atoms with Crippen LogP contribution in [0.15, 0.2) is 23.1 Å². The smallest absolute Gasteiger partial charge is 0.240 e. The molecule has 2 N–H and O–H groups in total. The Morgan fingerprint density at radius 2 is 1.94 bits per heavy atom. The molecule has 18 heavy (non-hydrogen) atoms. The molecule has 5 heteroatoms. The predicted octanol–water partition coefficient (Wildman–Crippen LogP) is 1.35. The minimum atomic E-state index is -3.46. The summed E-state index contributed by atoms with van der Waals surface area (Å²) in [4.78, 5) is 0.291. The van der Waals surface area contributed by atoms with Crippen molar-refractivity contribution in [2.75, 3.05) is 13.2 Å². The van der Waals surface area contributed by atoms with Gasteiger partial charge in [-0.15, -0.1) is 0 Å². The van der Waals surface area contributed by atoms with Crippen molar-refractivity contribution < 1.29 is 13.5 Å². The number of aliphatic hydroxyl groups is 1. The number of nitrogens with one attached hydrogen (secondary N) is 1. The summed E-state index contributed by atoms with van der Waals surface area (Å²) in [6.45, 7) is 4.20. The summed E-state index contributed by atoms with van der Waals surface area (Å²) >= 11 is 0. The van der Waals surface area contributed by atoms with E-state index in [-0.39, 0.29) is 12.0 Å². The molecule has 0 aromatic heterocycles. The lowest BCUT2D eigenvalue weighted by molar-refractivity contribution is 0.213. The molecule has 1 aliphatic carbocycles. The SMILES string of the molecule is Cc1ccc(S(=O)(=O)NCC2(CO)CC2)cc1C. The van der Waals surface area contributed by atoms with E-state index in [1.807, 2.05) is 19.9 Å². The molecule has 0 atom stereocenters. The minimum Gasteiger partial charge on any atom is -0.396 e. The van der Waals surface area contributed by atoms with Crippen LogP contribution in [-0.2, 0) is 10.0 Å². The Hall–Kier alpha value is -0.910. The molecule has 1 fully saturated rings. The molecule has 100 valence electrons. The van der Waals surface area contributed by atoms with Crippen LogP contribution in [0.2, 0.25) is 0 Å². The highest BCUT2D eigenvalue weighted by atomic mass is 32.2. The second kappa shape index (κ2) is 4.64. The lowest BCUT2D eigenvalue weighted by atomic mass is 10.1. The van der Waals surface area contributed by atoms with Crippen molar-refractivity contribution in [1.29, 1.82) is 0 Å². The van der Waals surface area contributed by atoms with Crippen LogP contribution < -0.4 is 4.72 Å². The van der Waals surface area contributed by atoms with Crippen molar-refractivity contribution in [3.05, 3.63) is 29.3 Å². The average molecular weight is 269 g/mol. The van der Waals surface area contributed by atoms with Gasteiger partial charge in [-0.1, -0.05) is 6.07 Å². The molecule has 1 saturated carbocycles. The first-order chi connectivity index (χ1) is 8.38. The quantitative estimate of drug-likeness (QED) is 0.848. The zero-order valence-electron chi connectivity index (χ0n) is 10.7. The van der Waals surface area contributed by atoms with E-state index in [1.165, 1.54) is 0 Å². The predicted molar refractivity (Wildman–Crippen MR) is 69.9 cm³/mol. The Bertz CT molecular complexity index is 547. The highest BCUT2D eigenvalue weighted by molar-refractivity contribution is 7.89. The molecule has 0 aliphatic heterocycles. The van der Waals surface area contributed by atoms with E-state index in [1.54, 1.807) is 12.1 Å². The molecule has 0 unspecified atom stereocenters. The van der Waals surface area contributed by atoms with E-state index in [0.29, 0.717) is 11.4 Å². The minimum absolute atomic E-state index is 0.0441. The van der Waals surface area contributed by atoms with Gasteiger partial charge < -0.3 is 5.11 Å². The largest absolute Gasteiger partial charge is 0.396 e. The van der Waals surface area contributed by atoms with Crippen molar-refractivity contribution in [2.24, 2.45) is 5.41 Å². The van der Waals surface area contributed by atoms with E-state index >= 15 is 0 Å². The zero-order chi connectivity index (χ0) is 13.4. The standard InChI is InChI=1S/C13H19NO3S/c1-10-3-4-12(7-11(10)2)18(16,17)14-8-13(9-15)5-6-13/h3-4,7,14-15H,5-6,8-9H2,1-2H3. The van der Waals surface area contributed by atoms with Crippen molar-refractivity contribution in [1.82, 2.24) is 4.72 Å². The van der Waals surface area contributed by atoms with Gasteiger partial charge in [0.05, 0.1) is 4.90 Å². The Morgan fingerprint density at radius 1 is 1.28 bits per heavy atom. The third-order valence-electron chi connectivity index (χ3n) is 3.72. The van der Waals surface area contributed by atoms with Gasteiger partial charge in [-0.25, -0.2) is 13.1 Å². The number of rotatable bonds is 5.